The zero-order valence-corrected chi connectivity index (χ0v) is 9.24. The molecule has 1 heterocycles. The molecule has 1 aromatic carbocycles. The van der Waals surface area contributed by atoms with Gasteiger partial charge in [0.25, 0.3) is 0 Å². The lowest BCUT2D eigenvalue weighted by Gasteiger charge is -2.08. The molecule has 0 bridgehead atoms. The fraction of sp³-hybridized carbons (Fsp3) is 0.364. The van der Waals surface area contributed by atoms with E-state index in [4.69, 9.17) is 11.6 Å². The molecule has 0 saturated carbocycles. The van der Waals surface area contributed by atoms with Crippen LogP contribution in [0.5, 0.6) is 0 Å². The molecule has 0 amide bonds. The number of nitrogens with one attached hydrogen (secondary N) is 1. The molecule has 15 heavy (non-hydrogen) atoms. The van der Waals surface area contributed by atoms with Crippen LogP contribution in [0.4, 0.5) is 4.39 Å². The van der Waals surface area contributed by atoms with Crippen LogP contribution in [0.15, 0.2) is 17.1 Å². The van der Waals surface area contributed by atoms with Crippen LogP contribution in [0.3, 0.4) is 0 Å². The topological polar surface area (TPSA) is 24.4 Å². The first-order valence-electron chi connectivity index (χ1n) is 4.89. The number of hydrogen-bond acceptors (Lipinski definition) is 2. The van der Waals surface area contributed by atoms with Crippen LogP contribution in [-0.4, -0.2) is 18.9 Å². The van der Waals surface area contributed by atoms with Crippen molar-refractivity contribution >= 4 is 17.4 Å². The molecular weight excluding hydrogens is 215 g/mol. The first kappa shape index (κ1) is 10.4. The first-order valence-corrected chi connectivity index (χ1v) is 5.27. The summed E-state index contributed by atoms with van der Waals surface area (Å²) in [5.41, 5.74) is 1.15. The molecule has 0 radical (unpaired) electrons. The highest BCUT2D eigenvalue weighted by Gasteiger charge is 2.14. The minimum absolute atomic E-state index is 0.223. The van der Waals surface area contributed by atoms with E-state index in [-0.39, 0.29) is 5.82 Å². The van der Waals surface area contributed by atoms with Gasteiger partial charge in [-0.3, -0.25) is 4.99 Å². The van der Waals surface area contributed by atoms with Gasteiger partial charge in [0.2, 0.25) is 0 Å². The van der Waals surface area contributed by atoms with Crippen LogP contribution in [0.2, 0.25) is 5.02 Å². The second-order valence-electron chi connectivity index (χ2n) is 3.59. The van der Waals surface area contributed by atoms with Crippen molar-refractivity contribution in [2.24, 2.45) is 4.99 Å². The Morgan fingerprint density at radius 3 is 3.00 bits per heavy atom. The fourth-order valence-electron chi connectivity index (χ4n) is 1.61. The Kier molecular flexibility index (Phi) is 2.91. The Hall–Kier alpha value is -1.09. The predicted molar refractivity (Wildman–Crippen MR) is 60.2 cm³/mol. The highest BCUT2D eigenvalue weighted by atomic mass is 35.5. The number of amidine groups is 1. The lowest BCUT2D eigenvalue weighted by molar-refractivity contribution is 0.606. The molecule has 1 N–H and O–H groups in total. The number of rotatable bonds is 2. The molecule has 0 aliphatic carbocycles. The van der Waals surface area contributed by atoms with Gasteiger partial charge < -0.3 is 5.32 Å². The van der Waals surface area contributed by atoms with Gasteiger partial charge in [-0.2, -0.15) is 0 Å². The van der Waals surface area contributed by atoms with E-state index in [1.165, 1.54) is 0 Å². The van der Waals surface area contributed by atoms with Crippen LogP contribution < -0.4 is 5.32 Å². The molecule has 1 aliphatic heterocycles. The second kappa shape index (κ2) is 4.19. The average Bonchev–Trinajstić information content (AvgIpc) is 2.71. The summed E-state index contributed by atoms with van der Waals surface area (Å²) in [5.74, 6) is 0.598. The maximum Gasteiger partial charge on any atom is 0.131 e. The van der Waals surface area contributed by atoms with E-state index in [1.54, 1.807) is 19.1 Å². The maximum absolute atomic E-state index is 13.7. The van der Waals surface area contributed by atoms with Crippen molar-refractivity contribution in [2.75, 3.05) is 13.1 Å². The monoisotopic (exact) mass is 226 g/mol. The normalized spacial score (nSPS) is 15.0. The molecule has 2 nitrogen and oxygen atoms in total. The highest BCUT2D eigenvalue weighted by molar-refractivity contribution is 6.31. The van der Waals surface area contributed by atoms with E-state index < -0.39 is 0 Å². The van der Waals surface area contributed by atoms with Gasteiger partial charge >= 0.3 is 0 Å². The standard InChI is InChI=1S/C11H12ClFN2/c1-7-2-3-9(12)8(11(7)13)6-10-14-4-5-15-10/h2-3H,4-6H2,1H3,(H,14,15). The molecule has 0 aromatic heterocycles. The van der Waals surface area contributed by atoms with Gasteiger partial charge in [0.1, 0.15) is 11.7 Å². The Labute approximate surface area is 93.2 Å². The fourth-order valence-corrected chi connectivity index (χ4v) is 1.82. The smallest absolute Gasteiger partial charge is 0.131 e. The van der Waals surface area contributed by atoms with Gasteiger partial charge in [0, 0.05) is 23.6 Å². The number of nitrogens with zero attached hydrogens (tertiary/aromatic N) is 1. The third-order valence-electron chi connectivity index (χ3n) is 2.47. The van der Waals surface area contributed by atoms with E-state index in [0.29, 0.717) is 22.6 Å². The summed E-state index contributed by atoms with van der Waals surface area (Å²) >= 11 is 5.96. The highest BCUT2D eigenvalue weighted by Crippen LogP contribution is 2.22. The van der Waals surface area contributed by atoms with E-state index >= 15 is 0 Å². The molecule has 80 valence electrons. The lowest BCUT2D eigenvalue weighted by Crippen LogP contribution is -2.21. The molecule has 0 fully saturated rings. The van der Waals surface area contributed by atoms with Crippen molar-refractivity contribution in [2.45, 2.75) is 13.3 Å². The summed E-state index contributed by atoms with van der Waals surface area (Å²) in [6.45, 7) is 3.33. The third kappa shape index (κ3) is 2.12. The SMILES string of the molecule is Cc1ccc(Cl)c(CC2=NCCN2)c1F. The van der Waals surface area contributed by atoms with Crippen LogP contribution in [0, 0.1) is 12.7 Å². The largest absolute Gasteiger partial charge is 0.372 e. The summed E-state index contributed by atoms with van der Waals surface area (Å²) < 4.78 is 13.7. The van der Waals surface area contributed by atoms with Crippen molar-refractivity contribution in [3.05, 3.63) is 34.1 Å². The van der Waals surface area contributed by atoms with Crippen LogP contribution >= 0.6 is 11.6 Å². The molecule has 0 spiro atoms. The van der Waals surface area contributed by atoms with Crippen molar-refractivity contribution in [3.63, 3.8) is 0 Å². The molecular formula is C11H12ClFN2. The maximum atomic E-state index is 13.7. The summed E-state index contributed by atoms with van der Waals surface area (Å²) in [6.07, 6.45) is 0.451. The number of benzene rings is 1. The molecule has 0 unspecified atom stereocenters. The first-order chi connectivity index (χ1) is 7.18. The molecule has 4 heteroatoms. The Morgan fingerprint density at radius 1 is 1.53 bits per heavy atom. The third-order valence-corrected chi connectivity index (χ3v) is 2.82. The molecule has 0 saturated heterocycles. The minimum atomic E-state index is -0.223. The van der Waals surface area contributed by atoms with Gasteiger partial charge in [-0.05, 0) is 18.6 Å². The second-order valence-corrected chi connectivity index (χ2v) is 4.00. The molecule has 1 aromatic rings. The summed E-state index contributed by atoms with van der Waals surface area (Å²) in [4.78, 5) is 4.22. The van der Waals surface area contributed by atoms with Crippen LogP contribution in [-0.2, 0) is 6.42 Å². The summed E-state index contributed by atoms with van der Waals surface area (Å²) in [6, 6.07) is 3.41. The van der Waals surface area contributed by atoms with Gasteiger partial charge in [0.15, 0.2) is 0 Å². The average molecular weight is 227 g/mol. The van der Waals surface area contributed by atoms with Crippen LogP contribution in [0.25, 0.3) is 0 Å². The van der Waals surface area contributed by atoms with E-state index in [2.05, 4.69) is 10.3 Å². The molecule has 0 atom stereocenters. The summed E-state index contributed by atoms with van der Waals surface area (Å²) in [7, 11) is 0. The van der Waals surface area contributed by atoms with E-state index in [1.807, 2.05) is 0 Å². The zero-order valence-electron chi connectivity index (χ0n) is 8.48. The van der Waals surface area contributed by atoms with Crippen molar-refractivity contribution in [3.8, 4) is 0 Å². The van der Waals surface area contributed by atoms with Crippen molar-refractivity contribution < 1.29 is 4.39 Å². The Bertz CT molecular complexity index is 415. The number of hydrogen-bond donors (Lipinski definition) is 1. The van der Waals surface area contributed by atoms with E-state index in [0.717, 1.165) is 18.9 Å². The predicted octanol–water partition coefficient (Wildman–Crippen LogP) is 2.33. The van der Waals surface area contributed by atoms with Gasteiger partial charge in [0.05, 0.1) is 6.54 Å². The van der Waals surface area contributed by atoms with Gasteiger partial charge in [-0.25, -0.2) is 4.39 Å². The quantitative estimate of drug-likeness (QED) is 0.823. The summed E-state index contributed by atoms with van der Waals surface area (Å²) in [5, 5.41) is 3.57. The van der Waals surface area contributed by atoms with Gasteiger partial charge in [-0.15, -0.1) is 0 Å². The molecule has 1 aliphatic rings. The lowest BCUT2D eigenvalue weighted by atomic mass is 10.1. The van der Waals surface area contributed by atoms with Crippen molar-refractivity contribution in [1.82, 2.24) is 5.32 Å². The van der Waals surface area contributed by atoms with Gasteiger partial charge in [-0.1, -0.05) is 17.7 Å². The van der Waals surface area contributed by atoms with Crippen molar-refractivity contribution in [1.29, 1.82) is 0 Å². The van der Waals surface area contributed by atoms with Crippen LogP contribution in [0.1, 0.15) is 11.1 Å². The Balaban J connectivity index is 2.30. The number of halogens is 2. The Morgan fingerprint density at radius 2 is 2.33 bits per heavy atom. The minimum Gasteiger partial charge on any atom is -0.372 e. The molecule has 2 rings (SSSR count). The number of aryl methyl sites for hydroxylation is 1. The van der Waals surface area contributed by atoms with E-state index in [9.17, 15) is 4.39 Å². The zero-order chi connectivity index (χ0) is 10.8. The number of aliphatic imine (C=N–C) groups is 1.